The average molecular weight is 207 g/mol. The molecule has 0 amide bonds. The van der Waals surface area contributed by atoms with Crippen LogP contribution >= 0.6 is 0 Å². The Hall–Kier alpha value is -0.360. The van der Waals surface area contributed by atoms with Gasteiger partial charge in [-0.3, -0.25) is 10.1 Å². The van der Waals surface area contributed by atoms with Crippen LogP contribution in [-0.4, -0.2) is 12.0 Å². The molecule has 0 aliphatic rings. The van der Waals surface area contributed by atoms with Gasteiger partial charge in [0.1, 0.15) is 5.75 Å². The molecule has 6 heteroatoms. The van der Waals surface area contributed by atoms with Crippen LogP contribution in [0.4, 0.5) is 5.69 Å². The molecule has 1 rings (SSSR count). The summed E-state index contributed by atoms with van der Waals surface area (Å²) in [5.41, 5.74) is -0.0932. The topological polar surface area (TPSA) is 52.4 Å². The fourth-order valence-electron chi connectivity index (χ4n) is 0.767. The van der Waals surface area contributed by atoms with Crippen molar-refractivity contribution in [2.24, 2.45) is 0 Å². The molecule has 64 valence electrons. The molecule has 0 N–H and O–H groups in total. The first-order chi connectivity index (χ1) is 5.65. The normalized spacial score (nSPS) is 8.69. The molecule has 0 spiro atoms. The minimum Gasteiger partial charge on any atom is -0.773 e. The maximum Gasteiger partial charge on any atom is 1.00 e. The van der Waals surface area contributed by atoms with Gasteiger partial charge in [-0.15, -0.1) is 0 Å². The number of benzene rings is 1. The molecule has 4 nitrogen and oxygen atoms in total. The van der Waals surface area contributed by atoms with Crippen molar-refractivity contribution in [2.45, 2.75) is 4.90 Å². The molecular weight excluding hydrogens is 201 g/mol. The molecule has 0 saturated carbocycles. The predicted octanol–water partition coefficient (Wildman–Crippen LogP) is -1.49. The first-order valence-electron chi connectivity index (χ1n) is 3.14. The van der Waals surface area contributed by atoms with Crippen LogP contribution in [0.1, 0.15) is 0 Å². The Bertz CT molecular complexity index is 319. The molecule has 0 atom stereocenters. The Labute approximate surface area is 103 Å². The fraction of sp³-hybridized carbons (Fsp3) is 0.143. The summed E-state index contributed by atoms with van der Waals surface area (Å²) in [7, 11) is 1.45. The molecule has 0 aliphatic heterocycles. The van der Waals surface area contributed by atoms with Crippen molar-refractivity contribution in [3.63, 3.8) is 0 Å². The van der Waals surface area contributed by atoms with Gasteiger partial charge < -0.3 is 17.4 Å². The van der Waals surface area contributed by atoms with E-state index in [0.717, 1.165) is 0 Å². The molecule has 0 fully saturated rings. The average Bonchev–Trinajstić information content (AvgIpc) is 2.05. The predicted molar refractivity (Wildman–Crippen MR) is 45.3 cm³/mol. The van der Waals surface area contributed by atoms with E-state index < -0.39 is 4.92 Å². The summed E-state index contributed by atoms with van der Waals surface area (Å²) >= 11 is 4.74. The van der Waals surface area contributed by atoms with Gasteiger partial charge in [0.25, 0.3) is 5.69 Å². The number of hydrogen-bond donors (Lipinski definition) is 0. The van der Waals surface area contributed by atoms with E-state index in [2.05, 4.69) is 0 Å². The van der Waals surface area contributed by atoms with Gasteiger partial charge in [-0.1, -0.05) is 11.0 Å². The van der Waals surface area contributed by atoms with Crippen molar-refractivity contribution in [1.29, 1.82) is 0 Å². The van der Waals surface area contributed by atoms with Gasteiger partial charge in [-0.2, -0.15) is 0 Å². The molecule has 13 heavy (non-hydrogen) atoms. The van der Waals surface area contributed by atoms with Gasteiger partial charge in [0.05, 0.1) is 18.1 Å². The second-order valence-electron chi connectivity index (χ2n) is 2.09. The number of nitro benzene ring substituents is 1. The van der Waals surface area contributed by atoms with Crippen LogP contribution in [0.25, 0.3) is 0 Å². The minimum absolute atomic E-state index is 0. The molecule has 0 bridgehead atoms. The molecule has 0 saturated heterocycles. The Balaban J connectivity index is 0.00000144. The van der Waals surface area contributed by atoms with E-state index >= 15 is 0 Å². The van der Waals surface area contributed by atoms with Gasteiger partial charge in [0, 0.05) is 0 Å². The van der Waals surface area contributed by atoms with Crippen LogP contribution in [-0.2, 0) is 12.6 Å². The summed E-state index contributed by atoms with van der Waals surface area (Å²) in [6.45, 7) is 0. The van der Waals surface area contributed by atoms with E-state index in [9.17, 15) is 10.1 Å². The third-order valence-corrected chi connectivity index (χ3v) is 1.71. The number of hydrogen-bond acceptors (Lipinski definition) is 4. The number of rotatable bonds is 2. The zero-order chi connectivity index (χ0) is 9.14. The first-order valence-corrected chi connectivity index (χ1v) is 3.55. The summed E-state index contributed by atoms with van der Waals surface area (Å²) in [6.07, 6.45) is 0. The monoisotopic (exact) mass is 207 g/mol. The van der Waals surface area contributed by atoms with Crippen LogP contribution in [0.2, 0.25) is 0 Å². The summed E-state index contributed by atoms with van der Waals surface area (Å²) in [5, 5.41) is 10.4. The fourth-order valence-corrected chi connectivity index (χ4v) is 0.968. The maximum absolute atomic E-state index is 10.4. The van der Waals surface area contributed by atoms with E-state index in [4.69, 9.17) is 17.4 Å². The minimum atomic E-state index is -0.523. The smallest absolute Gasteiger partial charge is 0.773 e. The van der Waals surface area contributed by atoms with Gasteiger partial charge in [-0.05, 0) is 6.07 Å². The number of methoxy groups -OCH3 is 1. The summed E-state index contributed by atoms with van der Waals surface area (Å²) in [6, 6.07) is 4.38. The van der Waals surface area contributed by atoms with Gasteiger partial charge in [0.15, 0.2) is 0 Å². The van der Waals surface area contributed by atoms with E-state index in [1.165, 1.54) is 19.2 Å². The van der Waals surface area contributed by atoms with Gasteiger partial charge in [0.2, 0.25) is 0 Å². The van der Waals surface area contributed by atoms with Gasteiger partial charge >= 0.3 is 29.6 Å². The second kappa shape index (κ2) is 5.39. The Kier molecular flexibility index (Phi) is 5.24. The third kappa shape index (κ3) is 3.11. The summed E-state index contributed by atoms with van der Waals surface area (Å²) < 4.78 is 4.81. The quantitative estimate of drug-likeness (QED) is 0.257. The van der Waals surface area contributed by atoms with Crippen molar-refractivity contribution in [2.75, 3.05) is 7.11 Å². The number of nitro groups is 1. The number of ether oxygens (including phenoxy) is 1. The number of nitrogens with zero attached hydrogens (tertiary/aromatic N) is 1. The molecule has 0 radical (unpaired) electrons. The molecule has 1 aromatic carbocycles. The third-order valence-electron chi connectivity index (χ3n) is 1.36. The molecular formula is C7H6NNaO3S. The van der Waals surface area contributed by atoms with Crippen molar-refractivity contribution < 1.29 is 39.2 Å². The first kappa shape index (κ1) is 12.6. The Morgan fingerprint density at radius 3 is 2.62 bits per heavy atom. The van der Waals surface area contributed by atoms with Crippen LogP contribution in [0.15, 0.2) is 23.1 Å². The summed E-state index contributed by atoms with van der Waals surface area (Å²) in [5.74, 6) is 0.440. The molecule has 0 aliphatic carbocycles. The Morgan fingerprint density at radius 1 is 1.54 bits per heavy atom. The molecule has 0 aromatic heterocycles. The van der Waals surface area contributed by atoms with Crippen LogP contribution < -0.4 is 34.3 Å². The molecule has 0 heterocycles. The second-order valence-corrected chi connectivity index (χ2v) is 2.53. The Morgan fingerprint density at radius 2 is 2.15 bits per heavy atom. The molecule has 1 aromatic rings. The standard InChI is InChI=1S/C7H7NO3S.Na/c1-11-5-2-3-7(12)6(4-5)8(9)10;/h2-4,12H,1H3;/q;+1/p-1. The van der Waals surface area contributed by atoms with E-state index in [0.29, 0.717) is 5.75 Å². The van der Waals surface area contributed by atoms with Crippen molar-refractivity contribution >= 4 is 18.3 Å². The summed E-state index contributed by atoms with van der Waals surface area (Å²) in [4.78, 5) is 10.1. The van der Waals surface area contributed by atoms with Gasteiger partial charge in [-0.25, -0.2) is 0 Å². The zero-order valence-corrected chi connectivity index (χ0v) is 10.1. The van der Waals surface area contributed by atoms with Crippen LogP contribution in [0, 0.1) is 10.1 Å². The SMILES string of the molecule is COc1ccc([S-])c([N+](=O)[O-])c1.[Na+]. The van der Waals surface area contributed by atoms with Crippen molar-refractivity contribution in [3.8, 4) is 5.75 Å². The van der Waals surface area contributed by atoms with E-state index in [1.54, 1.807) is 6.07 Å². The largest absolute Gasteiger partial charge is 1.00 e. The zero-order valence-electron chi connectivity index (χ0n) is 7.31. The maximum atomic E-state index is 10.4. The molecule has 0 unspecified atom stereocenters. The van der Waals surface area contributed by atoms with E-state index in [1.807, 2.05) is 0 Å². The van der Waals surface area contributed by atoms with Crippen LogP contribution in [0.5, 0.6) is 5.75 Å². The van der Waals surface area contributed by atoms with E-state index in [-0.39, 0.29) is 40.1 Å². The van der Waals surface area contributed by atoms with Crippen molar-refractivity contribution in [3.05, 3.63) is 28.3 Å². The van der Waals surface area contributed by atoms with Crippen LogP contribution in [0.3, 0.4) is 0 Å². The van der Waals surface area contributed by atoms with Crippen molar-refractivity contribution in [1.82, 2.24) is 0 Å².